The Morgan fingerprint density at radius 2 is 1.75 bits per heavy atom. The molecule has 0 radical (unpaired) electrons. The number of carbonyl (C=O) groups excluding carboxylic acids is 2. The van der Waals surface area contributed by atoms with Crippen molar-refractivity contribution in [3.63, 3.8) is 0 Å². The van der Waals surface area contributed by atoms with Gasteiger partial charge in [-0.2, -0.15) is 4.31 Å². The maximum absolute atomic E-state index is 13.5. The minimum atomic E-state index is -4.32. The summed E-state index contributed by atoms with van der Waals surface area (Å²) in [6, 6.07) is 3.17. The Morgan fingerprint density at radius 1 is 1.14 bits per heavy atom. The van der Waals surface area contributed by atoms with Gasteiger partial charge in [-0.25, -0.2) is 13.2 Å². The number of sulfonamides is 1. The molecule has 10 nitrogen and oxygen atoms in total. The third-order valence-corrected chi connectivity index (χ3v) is 8.89. The van der Waals surface area contributed by atoms with Crippen molar-refractivity contribution in [3.8, 4) is 0 Å². The van der Waals surface area contributed by atoms with Crippen molar-refractivity contribution in [2.75, 3.05) is 13.1 Å². The van der Waals surface area contributed by atoms with Gasteiger partial charge in [0.05, 0.1) is 4.92 Å². The van der Waals surface area contributed by atoms with Crippen LogP contribution in [0, 0.1) is 16.0 Å². The van der Waals surface area contributed by atoms with E-state index < -0.39 is 55.1 Å². The van der Waals surface area contributed by atoms with Crippen molar-refractivity contribution in [2.45, 2.75) is 95.2 Å². The summed E-state index contributed by atoms with van der Waals surface area (Å²) in [5.74, 6) is -0.711. The van der Waals surface area contributed by atoms with Crippen LogP contribution in [-0.4, -0.2) is 65.2 Å². The zero-order valence-electron chi connectivity index (χ0n) is 21.5. The van der Waals surface area contributed by atoms with Gasteiger partial charge in [-0.1, -0.05) is 50.7 Å². The summed E-state index contributed by atoms with van der Waals surface area (Å²) >= 11 is 0. The number of benzene rings is 1. The lowest BCUT2D eigenvalue weighted by molar-refractivity contribution is -0.387. The Morgan fingerprint density at radius 3 is 2.33 bits per heavy atom. The number of hydrogen-bond donors (Lipinski definition) is 0. The highest BCUT2D eigenvalue weighted by Gasteiger charge is 2.45. The molecule has 0 spiro atoms. The van der Waals surface area contributed by atoms with Gasteiger partial charge in [-0.3, -0.25) is 14.9 Å². The fourth-order valence-corrected chi connectivity index (χ4v) is 6.84. The van der Waals surface area contributed by atoms with Gasteiger partial charge in [0.15, 0.2) is 4.90 Å². The average Bonchev–Trinajstić information content (AvgIpc) is 3.07. The van der Waals surface area contributed by atoms with Gasteiger partial charge in [0.25, 0.3) is 15.7 Å². The number of nitro benzene ring substituents is 1. The van der Waals surface area contributed by atoms with E-state index in [4.69, 9.17) is 4.74 Å². The van der Waals surface area contributed by atoms with Crippen molar-refractivity contribution < 1.29 is 27.7 Å². The van der Waals surface area contributed by atoms with Crippen LogP contribution in [0.15, 0.2) is 29.2 Å². The second-order valence-corrected chi connectivity index (χ2v) is 12.5. The predicted octanol–water partition coefficient (Wildman–Crippen LogP) is 3.89. The van der Waals surface area contributed by atoms with Crippen molar-refractivity contribution in [3.05, 3.63) is 34.4 Å². The molecular weight excluding hydrogens is 486 g/mol. The molecular formula is C25H37N3O7S. The minimum Gasteiger partial charge on any atom is -0.458 e. The number of nitro groups is 1. The Hall–Kier alpha value is -2.53. The quantitative estimate of drug-likeness (QED) is 0.230. The lowest BCUT2D eigenvalue weighted by Gasteiger charge is -2.42. The summed E-state index contributed by atoms with van der Waals surface area (Å²) in [5.41, 5.74) is -1.27. The molecule has 1 aromatic carbocycles. The highest BCUT2D eigenvalue weighted by Crippen LogP contribution is 2.32. The number of nitrogens with zero attached hydrogens (tertiary/aromatic N) is 3. The number of para-hydroxylation sites is 1. The largest absolute Gasteiger partial charge is 0.458 e. The van der Waals surface area contributed by atoms with E-state index in [1.54, 1.807) is 20.8 Å². The second-order valence-electron chi connectivity index (χ2n) is 10.7. The third-order valence-electron chi connectivity index (χ3n) is 6.87. The molecule has 1 aromatic rings. The predicted molar refractivity (Wildman–Crippen MR) is 134 cm³/mol. The molecule has 11 heteroatoms. The summed E-state index contributed by atoms with van der Waals surface area (Å²) in [4.78, 5) is 38.5. The Labute approximate surface area is 213 Å². The highest BCUT2D eigenvalue weighted by atomic mass is 32.2. The summed E-state index contributed by atoms with van der Waals surface area (Å²) in [6.45, 7) is 6.70. The fraction of sp³-hybridized carbons (Fsp3) is 0.680. The molecule has 0 unspecified atom stereocenters. The molecule has 200 valence electrons. The molecule has 3 rings (SSSR count). The number of piperazine rings is 1. The molecule has 1 aliphatic carbocycles. The van der Waals surface area contributed by atoms with Crippen LogP contribution in [0.25, 0.3) is 0 Å². The SMILES string of the molecule is C[C@H]1C(=O)N([C@@H](CC2CCCCCC2)C(=O)OC(C)(C)C)CCN1S(=O)(=O)c1ccccc1[N+](=O)[O-]. The van der Waals surface area contributed by atoms with Crippen LogP contribution < -0.4 is 0 Å². The summed E-state index contributed by atoms with van der Waals surface area (Å²) < 4.78 is 33.4. The number of ether oxygens (including phenoxy) is 1. The van der Waals surface area contributed by atoms with Crippen molar-refractivity contribution in [2.24, 2.45) is 5.92 Å². The van der Waals surface area contributed by atoms with Crippen LogP contribution in [-0.2, 0) is 24.3 Å². The zero-order chi connectivity index (χ0) is 26.7. The average molecular weight is 524 g/mol. The third kappa shape index (κ3) is 6.42. The first-order valence-electron chi connectivity index (χ1n) is 12.6. The topological polar surface area (TPSA) is 127 Å². The van der Waals surface area contributed by atoms with E-state index in [0.717, 1.165) is 48.9 Å². The molecule has 0 bridgehead atoms. The normalized spacial score (nSPS) is 21.6. The van der Waals surface area contributed by atoms with Crippen LogP contribution in [0.4, 0.5) is 5.69 Å². The maximum Gasteiger partial charge on any atom is 0.329 e. The molecule has 1 saturated heterocycles. The molecule has 0 aromatic heterocycles. The highest BCUT2D eigenvalue weighted by molar-refractivity contribution is 7.89. The molecule has 1 aliphatic heterocycles. The lowest BCUT2D eigenvalue weighted by Crippen LogP contribution is -2.61. The van der Waals surface area contributed by atoms with Crippen molar-refractivity contribution in [1.29, 1.82) is 0 Å². The molecule has 1 heterocycles. The summed E-state index contributed by atoms with van der Waals surface area (Å²) in [6.07, 6.45) is 6.92. The summed E-state index contributed by atoms with van der Waals surface area (Å²) in [5, 5.41) is 11.4. The van der Waals surface area contributed by atoms with Crippen LogP contribution in [0.5, 0.6) is 0 Å². The van der Waals surface area contributed by atoms with Gasteiger partial charge < -0.3 is 9.64 Å². The first kappa shape index (κ1) is 28.0. The molecule has 36 heavy (non-hydrogen) atoms. The maximum atomic E-state index is 13.5. The number of rotatable bonds is 7. The van der Waals surface area contributed by atoms with Gasteiger partial charge in [-0.05, 0) is 46.1 Å². The minimum absolute atomic E-state index is 0.000333. The Bertz CT molecular complexity index is 1080. The van der Waals surface area contributed by atoms with Crippen molar-refractivity contribution in [1.82, 2.24) is 9.21 Å². The van der Waals surface area contributed by atoms with Crippen molar-refractivity contribution >= 4 is 27.6 Å². The van der Waals surface area contributed by atoms with E-state index in [1.807, 2.05) is 0 Å². The molecule has 0 N–H and O–H groups in total. The number of amides is 1. The number of esters is 1. The second kappa shape index (κ2) is 11.2. The lowest BCUT2D eigenvalue weighted by atomic mass is 9.91. The van der Waals surface area contributed by atoms with E-state index in [2.05, 4.69) is 0 Å². The zero-order valence-corrected chi connectivity index (χ0v) is 22.3. The van der Waals surface area contributed by atoms with Gasteiger partial charge in [0.1, 0.15) is 17.7 Å². The molecule has 2 fully saturated rings. The standard InChI is InChI=1S/C25H37N3O7S/c1-18-23(29)26(15-16-27(18)36(33,34)22-14-10-9-13-20(22)28(31)32)21(24(30)35-25(2,3)4)17-19-11-7-5-6-8-12-19/h9-10,13-14,18-19,21H,5-8,11-12,15-17H2,1-4H3/t18-,21-/m0/s1. The monoisotopic (exact) mass is 523 g/mol. The van der Waals surface area contributed by atoms with E-state index in [-0.39, 0.29) is 19.0 Å². The molecule has 1 saturated carbocycles. The van der Waals surface area contributed by atoms with E-state index in [9.17, 15) is 28.1 Å². The van der Waals surface area contributed by atoms with E-state index >= 15 is 0 Å². The molecule has 2 aliphatic rings. The first-order chi connectivity index (χ1) is 16.8. The fourth-order valence-electron chi connectivity index (χ4n) is 5.10. The van der Waals surface area contributed by atoms with E-state index in [1.165, 1.54) is 30.0 Å². The molecule has 1 amide bonds. The van der Waals surface area contributed by atoms with Crippen LogP contribution in [0.2, 0.25) is 0 Å². The van der Waals surface area contributed by atoms with Gasteiger partial charge in [-0.15, -0.1) is 0 Å². The number of hydrogen-bond acceptors (Lipinski definition) is 7. The smallest absolute Gasteiger partial charge is 0.329 e. The first-order valence-corrected chi connectivity index (χ1v) is 14.1. The van der Waals surface area contributed by atoms with Gasteiger partial charge >= 0.3 is 5.97 Å². The van der Waals surface area contributed by atoms with Gasteiger partial charge in [0, 0.05) is 19.2 Å². The summed E-state index contributed by atoms with van der Waals surface area (Å²) in [7, 11) is -4.32. The Balaban J connectivity index is 1.87. The van der Waals surface area contributed by atoms with Gasteiger partial charge in [0.2, 0.25) is 5.91 Å². The molecule has 2 atom stereocenters. The Kier molecular flexibility index (Phi) is 8.76. The van der Waals surface area contributed by atoms with Crippen LogP contribution in [0.3, 0.4) is 0 Å². The van der Waals surface area contributed by atoms with Crippen LogP contribution in [0.1, 0.15) is 72.6 Å². The number of carbonyl (C=O) groups is 2. The van der Waals surface area contributed by atoms with E-state index in [0.29, 0.717) is 6.42 Å². The van der Waals surface area contributed by atoms with Crippen LogP contribution >= 0.6 is 0 Å².